The van der Waals surface area contributed by atoms with Crippen molar-refractivity contribution in [1.82, 2.24) is 4.98 Å². The van der Waals surface area contributed by atoms with Crippen molar-refractivity contribution >= 4 is 0 Å². The van der Waals surface area contributed by atoms with Gasteiger partial charge in [0.05, 0.1) is 0 Å². The lowest BCUT2D eigenvalue weighted by Crippen LogP contribution is -1.92. The molecule has 1 aromatic heterocycles. The lowest BCUT2D eigenvalue weighted by molar-refractivity contribution is 0.625. The van der Waals surface area contributed by atoms with Crippen molar-refractivity contribution in [2.45, 2.75) is 54.4 Å². The summed E-state index contributed by atoms with van der Waals surface area (Å²) in [6.07, 6.45) is 1.84. The average Bonchev–Trinajstić information content (AvgIpc) is 2.79. The molecule has 114 valence electrons. The summed E-state index contributed by atoms with van der Waals surface area (Å²) in [5.74, 6) is -0.153. The second-order valence-corrected chi connectivity index (χ2v) is 4.23. The molecule has 2 aromatic rings. The maximum atomic E-state index is 13.0. The van der Waals surface area contributed by atoms with Crippen LogP contribution in [-0.4, -0.2) is 4.98 Å². The molecule has 0 amide bonds. The van der Waals surface area contributed by atoms with Gasteiger partial charge in [-0.25, -0.2) is 4.39 Å². The van der Waals surface area contributed by atoms with E-state index in [0.29, 0.717) is 0 Å². The molecule has 1 N–H and O–H groups in total. The molecule has 0 unspecified atom stereocenters. The van der Waals surface area contributed by atoms with Crippen molar-refractivity contribution in [2.24, 2.45) is 0 Å². The van der Waals surface area contributed by atoms with E-state index in [1.54, 1.807) is 12.1 Å². The lowest BCUT2D eigenvalue weighted by Gasteiger charge is -2.01. The molecule has 0 bridgehead atoms. The van der Waals surface area contributed by atoms with Crippen LogP contribution in [0, 0.1) is 19.7 Å². The van der Waals surface area contributed by atoms with Gasteiger partial charge in [-0.15, -0.1) is 0 Å². The van der Waals surface area contributed by atoms with E-state index in [0.717, 1.165) is 18.4 Å². The first-order chi connectivity index (χ1) is 9.65. The lowest BCUT2D eigenvalue weighted by atomic mass is 10.0. The molecule has 0 saturated carbocycles. The molecule has 0 aliphatic rings. The summed E-state index contributed by atoms with van der Waals surface area (Å²) in [5.41, 5.74) is 4.78. The Balaban J connectivity index is 0. The number of nitrogens with one attached hydrogen (secondary N) is 1. The molecule has 0 spiro atoms. The number of halogens is 1. The summed E-state index contributed by atoms with van der Waals surface area (Å²) in [7, 11) is 0. The molecule has 20 heavy (non-hydrogen) atoms. The second-order valence-electron chi connectivity index (χ2n) is 4.23. The summed E-state index contributed by atoms with van der Waals surface area (Å²) in [6.45, 7) is 12.1. The van der Waals surface area contributed by atoms with E-state index in [1.165, 1.54) is 23.0 Å². The standard InChI is InChI=1S/C14H16FN.2C2H6.H2/c1-10-8-13(11(2)16-10)7-6-12-4-3-5-14(15)9-12;2*1-2;/h3-5,8-9,16H,6-7H2,1-2H3;2*1-2H3;1H. The number of rotatable bonds is 3. The van der Waals surface area contributed by atoms with Gasteiger partial charge in [-0.3, -0.25) is 0 Å². The SMILES string of the molecule is CC.CC.Cc1cc(CCc2cccc(F)c2)c(C)[nH]1.[HH]. The number of aryl methyl sites for hydroxylation is 4. The molecule has 1 nitrogen and oxygen atoms in total. The zero-order valence-electron chi connectivity index (χ0n) is 13.7. The van der Waals surface area contributed by atoms with Crippen LogP contribution < -0.4 is 0 Å². The van der Waals surface area contributed by atoms with Gasteiger partial charge in [0, 0.05) is 12.8 Å². The molecule has 0 radical (unpaired) electrons. The maximum Gasteiger partial charge on any atom is 0.123 e. The highest BCUT2D eigenvalue weighted by Gasteiger charge is 2.02. The quantitative estimate of drug-likeness (QED) is 0.725. The number of aromatic amines is 1. The van der Waals surface area contributed by atoms with E-state index in [4.69, 9.17) is 0 Å². The molecule has 0 aliphatic carbocycles. The van der Waals surface area contributed by atoms with E-state index in [2.05, 4.69) is 24.9 Å². The molecule has 1 heterocycles. The van der Waals surface area contributed by atoms with Crippen LogP contribution in [-0.2, 0) is 12.8 Å². The Kier molecular flexibility index (Phi) is 9.44. The largest absolute Gasteiger partial charge is 0.362 e. The first kappa shape index (κ1) is 18.4. The highest BCUT2D eigenvalue weighted by molar-refractivity contribution is 5.26. The van der Waals surface area contributed by atoms with Gasteiger partial charge in [-0.1, -0.05) is 39.8 Å². The van der Waals surface area contributed by atoms with Crippen LogP contribution in [0.2, 0.25) is 0 Å². The van der Waals surface area contributed by atoms with Crippen LogP contribution in [0.3, 0.4) is 0 Å². The van der Waals surface area contributed by atoms with Crippen LogP contribution in [0.1, 0.15) is 51.6 Å². The summed E-state index contributed by atoms with van der Waals surface area (Å²) < 4.78 is 13.0. The molecule has 1 aromatic carbocycles. The van der Waals surface area contributed by atoms with Gasteiger partial charge in [0.1, 0.15) is 5.82 Å². The van der Waals surface area contributed by atoms with Gasteiger partial charge in [-0.2, -0.15) is 0 Å². The van der Waals surface area contributed by atoms with Crippen LogP contribution in [0.5, 0.6) is 0 Å². The fraction of sp³-hybridized carbons (Fsp3) is 0.444. The third-order valence-electron chi connectivity index (χ3n) is 2.83. The van der Waals surface area contributed by atoms with E-state index in [9.17, 15) is 4.39 Å². The Morgan fingerprint density at radius 1 is 1.00 bits per heavy atom. The van der Waals surface area contributed by atoms with Crippen molar-refractivity contribution in [3.05, 3.63) is 58.7 Å². The van der Waals surface area contributed by atoms with Crippen LogP contribution in [0.4, 0.5) is 4.39 Å². The topological polar surface area (TPSA) is 15.8 Å². The Hall–Kier alpha value is -1.57. The van der Waals surface area contributed by atoms with Gasteiger partial charge in [0.25, 0.3) is 0 Å². The predicted molar refractivity (Wildman–Crippen MR) is 88.9 cm³/mol. The molecule has 0 aliphatic heterocycles. The number of H-pyrrole nitrogens is 1. The van der Waals surface area contributed by atoms with Crippen molar-refractivity contribution in [2.75, 3.05) is 0 Å². The molecule has 0 saturated heterocycles. The van der Waals surface area contributed by atoms with E-state index in [-0.39, 0.29) is 7.24 Å². The molecular formula is C18H30FN. The van der Waals surface area contributed by atoms with Crippen molar-refractivity contribution in [3.63, 3.8) is 0 Å². The number of benzene rings is 1. The Morgan fingerprint density at radius 2 is 1.65 bits per heavy atom. The van der Waals surface area contributed by atoms with Crippen molar-refractivity contribution in [3.8, 4) is 0 Å². The summed E-state index contributed by atoms with van der Waals surface area (Å²) in [5, 5.41) is 0. The minimum absolute atomic E-state index is 0. The van der Waals surface area contributed by atoms with Gasteiger partial charge in [0.2, 0.25) is 0 Å². The predicted octanol–water partition coefficient (Wildman–Crippen LogP) is 5.85. The number of hydrogen-bond donors (Lipinski definition) is 1. The summed E-state index contributed by atoms with van der Waals surface area (Å²) >= 11 is 0. The average molecular weight is 279 g/mol. The fourth-order valence-corrected chi connectivity index (χ4v) is 2.01. The van der Waals surface area contributed by atoms with Gasteiger partial charge < -0.3 is 4.98 Å². The molecule has 2 heteroatoms. The van der Waals surface area contributed by atoms with Gasteiger partial charge in [0.15, 0.2) is 0 Å². The van der Waals surface area contributed by atoms with E-state index in [1.807, 2.05) is 33.8 Å². The smallest absolute Gasteiger partial charge is 0.123 e. The van der Waals surface area contributed by atoms with Crippen LogP contribution >= 0.6 is 0 Å². The Morgan fingerprint density at radius 3 is 2.15 bits per heavy atom. The Bertz CT molecular complexity index is 492. The summed E-state index contributed by atoms with van der Waals surface area (Å²) in [4.78, 5) is 3.28. The zero-order valence-corrected chi connectivity index (χ0v) is 13.7. The molecule has 2 rings (SSSR count). The monoisotopic (exact) mass is 279 g/mol. The van der Waals surface area contributed by atoms with Crippen LogP contribution in [0.15, 0.2) is 30.3 Å². The highest BCUT2D eigenvalue weighted by atomic mass is 19.1. The second kappa shape index (κ2) is 10.2. The number of hydrogen-bond acceptors (Lipinski definition) is 0. The normalized spacial score (nSPS) is 9.15. The third-order valence-corrected chi connectivity index (χ3v) is 2.83. The first-order valence-corrected chi connectivity index (χ1v) is 7.54. The minimum atomic E-state index is -0.153. The Labute approximate surface area is 124 Å². The maximum absolute atomic E-state index is 13.0. The van der Waals surface area contributed by atoms with Crippen LogP contribution in [0.25, 0.3) is 0 Å². The van der Waals surface area contributed by atoms with Crippen molar-refractivity contribution in [1.29, 1.82) is 0 Å². The van der Waals surface area contributed by atoms with Crippen molar-refractivity contribution < 1.29 is 5.82 Å². The first-order valence-electron chi connectivity index (χ1n) is 7.54. The number of aromatic nitrogens is 1. The molecule has 0 atom stereocenters. The van der Waals surface area contributed by atoms with E-state index < -0.39 is 0 Å². The molecule has 0 fully saturated rings. The third kappa shape index (κ3) is 6.05. The van der Waals surface area contributed by atoms with E-state index >= 15 is 0 Å². The highest BCUT2D eigenvalue weighted by Crippen LogP contribution is 2.13. The summed E-state index contributed by atoms with van der Waals surface area (Å²) in [6, 6.07) is 8.98. The van der Waals surface area contributed by atoms with Gasteiger partial charge >= 0.3 is 0 Å². The molecular weight excluding hydrogens is 249 g/mol. The van der Waals surface area contributed by atoms with Gasteiger partial charge in [-0.05, 0) is 56.0 Å². The minimum Gasteiger partial charge on any atom is -0.362 e. The fourth-order valence-electron chi connectivity index (χ4n) is 2.01. The zero-order chi connectivity index (χ0) is 15.5.